The summed E-state index contributed by atoms with van der Waals surface area (Å²) in [5.41, 5.74) is 1.92. The van der Waals surface area contributed by atoms with Gasteiger partial charge in [-0.1, -0.05) is 11.8 Å². The molecule has 8 heteroatoms. The highest BCUT2D eigenvalue weighted by Crippen LogP contribution is 2.26. The zero-order valence-electron chi connectivity index (χ0n) is 13.7. The first-order valence-corrected chi connectivity index (χ1v) is 7.91. The first-order chi connectivity index (χ1) is 10.0. The Morgan fingerprint density at radius 1 is 1.35 bits per heavy atom. The van der Waals surface area contributed by atoms with Crippen LogP contribution in [0.2, 0.25) is 0 Å². The molecule has 0 radical (unpaired) electrons. The Labute approximate surface area is 153 Å². The van der Waals surface area contributed by atoms with Crippen LogP contribution in [0.4, 0.5) is 0 Å². The molecule has 0 aliphatic rings. The Bertz CT molecular complexity index is 657. The third kappa shape index (κ3) is 5.57. The van der Waals surface area contributed by atoms with Crippen molar-refractivity contribution in [1.29, 1.82) is 0 Å². The summed E-state index contributed by atoms with van der Waals surface area (Å²) in [5.74, 6) is 1.56. The van der Waals surface area contributed by atoms with Crippen molar-refractivity contribution in [1.82, 2.24) is 14.5 Å². The minimum absolute atomic E-state index is 0. The van der Waals surface area contributed by atoms with E-state index < -0.39 is 0 Å². The summed E-state index contributed by atoms with van der Waals surface area (Å²) >= 11 is 1.55. The van der Waals surface area contributed by atoms with E-state index >= 15 is 0 Å². The van der Waals surface area contributed by atoms with Gasteiger partial charge in [0.15, 0.2) is 0 Å². The van der Waals surface area contributed by atoms with Crippen molar-refractivity contribution < 1.29 is 4.42 Å². The number of nitrogens with zero attached hydrogens (tertiary/aromatic N) is 3. The number of halogens is 2. The van der Waals surface area contributed by atoms with Gasteiger partial charge in [0.05, 0.1) is 12.0 Å². The van der Waals surface area contributed by atoms with Crippen LogP contribution in [-0.2, 0) is 18.8 Å². The summed E-state index contributed by atoms with van der Waals surface area (Å²) in [5, 5.41) is 0.798. The van der Waals surface area contributed by atoms with Gasteiger partial charge in [-0.2, -0.15) is 4.98 Å². The molecular weight excluding hydrogens is 357 g/mol. The second kappa shape index (κ2) is 10.0. The summed E-state index contributed by atoms with van der Waals surface area (Å²) in [6.07, 6.45) is 1.66. The SMILES string of the molecule is CCn1c(C)c(CN(C)C)c(SCc2ccco2)nc1=O.Cl.Cl. The highest BCUT2D eigenvalue weighted by atomic mass is 35.5. The van der Waals surface area contributed by atoms with Crippen molar-refractivity contribution >= 4 is 36.6 Å². The summed E-state index contributed by atoms with van der Waals surface area (Å²) < 4.78 is 7.06. The maximum Gasteiger partial charge on any atom is 0.348 e. The van der Waals surface area contributed by atoms with Gasteiger partial charge in [0.1, 0.15) is 10.8 Å². The molecule has 0 atom stereocenters. The molecule has 2 aromatic rings. The number of aromatic nitrogens is 2. The van der Waals surface area contributed by atoms with Crippen LogP contribution in [0, 0.1) is 6.92 Å². The van der Waals surface area contributed by atoms with Crippen LogP contribution >= 0.6 is 36.6 Å². The second-order valence-electron chi connectivity index (χ2n) is 5.11. The van der Waals surface area contributed by atoms with Gasteiger partial charge in [-0.05, 0) is 40.1 Å². The Kier molecular flexibility index (Phi) is 9.61. The quantitative estimate of drug-likeness (QED) is 0.568. The van der Waals surface area contributed by atoms with Crippen LogP contribution in [0.3, 0.4) is 0 Å². The van der Waals surface area contributed by atoms with Crippen LogP contribution in [0.15, 0.2) is 32.6 Å². The molecule has 5 nitrogen and oxygen atoms in total. The fraction of sp³-hybridized carbons (Fsp3) is 0.467. The molecule has 0 N–H and O–H groups in total. The molecule has 0 aliphatic carbocycles. The standard InChI is InChI=1S/C15H21N3O2S.2ClH/c1-5-18-11(2)13(9-17(3)4)14(16-15(18)19)21-10-12-7-6-8-20-12;;/h6-8H,5,9-10H2,1-4H3;2*1H. The monoisotopic (exact) mass is 379 g/mol. The van der Waals surface area contributed by atoms with Gasteiger partial charge in [0.25, 0.3) is 0 Å². The van der Waals surface area contributed by atoms with Crippen molar-refractivity contribution in [2.24, 2.45) is 0 Å². The van der Waals surface area contributed by atoms with Crippen LogP contribution in [0.25, 0.3) is 0 Å². The average Bonchev–Trinajstić information content (AvgIpc) is 2.93. The van der Waals surface area contributed by atoms with E-state index in [9.17, 15) is 4.79 Å². The van der Waals surface area contributed by atoms with Crippen molar-refractivity contribution in [3.8, 4) is 0 Å². The topological polar surface area (TPSA) is 51.3 Å². The Morgan fingerprint density at radius 3 is 2.57 bits per heavy atom. The van der Waals surface area contributed by atoms with E-state index in [0.717, 1.165) is 28.6 Å². The van der Waals surface area contributed by atoms with E-state index in [2.05, 4.69) is 9.88 Å². The molecule has 0 saturated heterocycles. The molecule has 2 rings (SSSR count). The van der Waals surface area contributed by atoms with Crippen molar-refractivity contribution in [2.45, 2.75) is 37.7 Å². The van der Waals surface area contributed by atoms with Crippen LogP contribution < -0.4 is 5.69 Å². The minimum Gasteiger partial charge on any atom is -0.468 e. The normalized spacial score (nSPS) is 10.3. The van der Waals surface area contributed by atoms with E-state index in [1.54, 1.807) is 22.6 Å². The highest BCUT2D eigenvalue weighted by molar-refractivity contribution is 7.98. The third-order valence-electron chi connectivity index (χ3n) is 3.25. The van der Waals surface area contributed by atoms with Crippen LogP contribution in [-0.4, -0.2) is 28.5 Å². The van der Waals surface area contributed by atoms with Gasteiger partial charge in [-0.15, -0.1) is 24.8 Å². The van der Waals surface area contributed by atoms with Gasteiger partial charge >= 0.3 is 5.69 Å². The molecule has 2 heterocycles. The number of furan rings is 1. The largest absolute Gasteiger partial charge is 0.468 e. The molecule has 0 spiro atoms. The summed E-state index contributed by atoms with van der Waals surface area (Å²) in [4.78, 5) is 18.4. The lowest BCUT2D eigenvalue weighted by Gasteiger charge is -2.18. The molecule has 2 aromatic heterocycles. The molecule has 0 aliphatic heterocycles. The smallest absolute Gasteiger partial charge is 0.348 e. The molecular formula is C15H23Cl2N3O2S. The van der Waals surface area contributed by atoms with Gasteiger partial charge in [-0.25, -0.2) is 4.79 Å². The molecule has 130 valence electrons. The lowest BCUT2D eigenvalue weighted by Crippen LogP contribution is -2.28. The predicted octanol–water partition coefficient (Wildman–Crippen LogP) is 3.36. The number of thioether (sulfide) groups is 1. The van der Waals surface area contributed by atoms with Crippen LogP contribution in [0.5, 0.6) is 0 Å². The average molecular weight is 380 g/mol. The zero-order chi connectivity index (χ0) is 15.4. The summed E-state index contributed by atoms with van der Waals surface area (Å²) in [6, 6.07) is 3.79. The Hall–Kier alpha value is -0.950. The molecule has 0 saturated carbocycles. The van der Waals surface area contributed by atoms with Crippen LogP contribution in [0.1, 0.15) is 23.9 Å². The van der Waals surface area contributed by atoms with Crippen molar-refractivity contribution in [2.75, 3.05) is 14.1 Å². The number of rotatable bonds is 6. The zero-order valence-corrected chi connectivity index (χ0v) is 16.2. The van der Waals surface area contributed by atoms with Gasteiger partial charge < -0.3 is 9.32 Å². The molecule has 0 aromatic carbocycles. The minimum atomic E-state index is -0.181. The fourth-order valence-electron chi connectivity index (χ4n) is 2.20. The Morgan fingerprint density at radius 2 is 2.04 bits per heavy atom. The first-order valence-electron chi connectivity index (χ1n) is 6.93. The molecule has 0 unspecified atom stereocenters. The van der Waals surface area contributed by atoms with Crippen molar-refractivity contribution in [3.63, 3.8) is 0 Å². The summed E-state index contributed by atoms with van der Waals surface area (Å²) in [7, 11) is 4.03. The van der Waals surface area contributed by atoms with E-state index in [4.69, 9.17) is 4.42 Å². The van der Waals surface area contributed by atoms with E-state index in [1.165, 1.54) is 0 Å². The highest BCUT2D eigenvalue weighted by Gasteiger charge is 2.15. The number of hydrogen-bond donors (Lipinski definition) is 0. The van der Waals surface area contributed by atoms with E-state index in [0.29, 0.717) is 12.3 Å². The van der Waals surface area contributed by atoms with Crippen molar-refractivity contribution in [3.05, 3.63) is 45.9 Å². The van der Waals surface area contributed by atoms with Gasteiger partial charge in [0, 0.05) is 24.3 Å². The first kappa shape index (κ1) is 22.1. The van der Waals surface area contributed by atoms with Gasteiger partial charge in [-0.3, -0.25) is 4.57 Å². The second-order valence-corrected chi connectivity index (χ2v) is 6.08. The van der Waals surface area contributed by atoms with E-state index in [1.807, 2.05) is 40.1 Å². The van der Waals surface area contributed by atoms with Gasteiger partial charge in [0.2, 0.25) is 0 Å². The molecule has 23 heavy (non-hydrogen) atoms. The maximum atomic E-state index is 12.1. The van der Waals surface area contributed by atoms with E-state index in [-0.39, 0.29) is 30.5 Å². The number of hydrogen-bond acceptors (Lipinski definition) is 5. The Balaban J connectivity index is 0.00000242. The summed E-state index contributed by atoms with van der Waals surface area (Å²) in [6.45, 7) is 5.36. The molecule has 0 fully saturated rings. The molecule has 0 bridgehead atoms. The lowest BCUT2D eigenvalue weighted by molar-refractivity contribution is 0.392. The lowest BCUT2D eigenvalue weighted by atomic mass is 10.2. The fourth-order valence-corrected chi connectivity index (χ4v) is 3.17. The predicted molar refractivity (Wildman–Crippen MR) is 99.1 cm³/mol. The maximum absolute atomic E-state index is 12.1. The third-order valence-corrected chi connectivity index (χ3v) is 4.29. The molecule has 0 amide bonds.